The second kappa shape index (κ2) is 8.75. The van der Waals surface area contributed by atoms with E-state index in [4.69, 9.17) is 23.8 Å². The summed E-state index contributed by atoms with van der Waals surface area (Å²) in [7, 11) is 0. The zero-order valence-electron chi connectivity index (χ0n) is 15.8. The van der Waals surface area contributed by atoms with Crippen molar-refractivity contribution in [1.82, 2.24) is 19.7 Å². The van der Waals surface area contributed by atoms with Gasteiger partial charge in [0.15, 0.2) is 10.6 Å². The molecule has 1 fully saturated rings. The van der Waals surface area contributed by atoms with Crippen molar-refractivity contribution < 1.29 is 4.79 Å². The lowest BCUT2D eigenvalue weighted by Gasteiger charge is -2.28. The lowest BCUT2D eigenvalue weighted by molar-refractivity contribution is -0.116. The third kappa shape index (κ3) is 4.65. The topological polar surface area (TPSA) is 78.8 Å². The summed E-state index contributed by atoms with van der Waals surface area (Å²) in [6.07, 6.45) is 5.51. The van der Waals surface area contributed by atoms with Crippen molar-refractivity contribution in [3.63, 3.8) is 0 Å². The molecule has 1 saturated heterocycles. The Labute approximate surface area is 178 Å². The van der Waals surface area contributed by atoms with Crippen LogP contribution in [0.1, 0.15) is 19.3 Å². The molecule has 0 atom stereocenters. The van der Waals surface area contributed by atoms with Crippen molar-refractivity contribution >= 4 is 41.2 Å². The Morgan fingerprint density at radius 2 is 1.90 bits per heavy atom. The van der Waals surface area contributed by atoms with Crippen molar-refractivity contribution in [1.29, 1.82) is 0 Å². The molecule has 150 valence electrons. The van der Waals surface area contributed by atoms with E-state index in [0.29, 0.717) is 21.4 Å². The zero-order chi connectivity index (χ0) is 20.2. The van der Waals surface area contributed by atoms with Crippen LogP contribution < -0.4 is 10.2 Å². The Morgan fingerprint density at radius 3 is 2.59 bits per heavy atom. The molecular weight excluding hydrogens is 408 g/mol. The molecule has 1 aliphatic heterocycles. The highest BCUT2D eigenvalue weighted by atomic mass is 35.5. The number of aromatic amines is 1. The standard InChI is InChI=1S/C20H21ClN6OS/c21-15-6-4-14(5-7-15)19-24-25-20(29)27(19)13-18(28)23-17-9-8-16(12-22-17)26-10-2-1-3-11-26/h4-9,12H,1-3,10-11,13H2,(H,25,29)(H,22,23,28). The monoisotopic (exact) mass is 428 g/mol. The van der Waals surface area contributed by atoms with Gasteiger partial charge in [-0.05, 0) is 67.9 Å². The van der Waals surface area contributed by atoms with E-state index < -0.39 is 0 Å². The molecule has 0 saturated carbocycles. The minimum absolute atomic E-state index is 0.0306. The molecule has 29 heavy (non-hydrogen) atoms. The predicted octanol–water partition coefficient (Wildman–Crippen LogP) is 4.29. The molecule has 2 aromatic heterocycles. The van der Waals surface area contributed by atoms with E-state index in [1.165, 1.54) is 19.3 Å². The lowest BCUT2D eigenvalue weighted by Crippen LogP contribution is -2.29. The average Bonchev–Trinajstić information content (AvgIpc) is 3.10. The number of anilines is 2. The smallest absolute Gasteiger partial charge is 0.245 e. The van der Waals surface area contributed by atoms with Crippen molar-refractivity contribution in [2.45, 2.75) is 25.8 Å². The van der Waals surface area contributed by atoms with Crippen molar-refractivity contribution in [3.8, 4) is 11.4 Å². The molecule has 1 aromatic carbocycles. The maximum absolute atomic E-state index is 12.6. The Bertz CT molecular complexity index is 1040. The molecule has 4 rings (SSSR count). The summed E-state index contributed by atoms with van der Waals surface area (Å²) in [6, 6.07) is 11.0. The number of carbonyl (C=O) groups is 1. The van der Waals surface area contributed by atoms with Gasteiger partial charge in [0, 0.05) is 23.7 Å². The normalized spacial score (nSPS) is 14.0. The van der Waals surface area contributed by atoms with Crippen molar-refractivity contribution in [3.05, 3.63) is 52.4 Å². The SMILES string of the molecule is O=C(Cn1c(-c2ccc(Cl)cc2)n[nH]c1=S)Nc1ccc(N2CCCCC2)cn1. The quantitative estimate of drug-likeness (QED) is 0.593. The van der Waals surface area contributed by atoms with Gasteiger partial charge in [-0.3, -0.25) is 14.5 Å². The molecule has 9 heteroatoms. The molecule has 0 spiro atoms. The van der Waals surface area contributed by atoms with Crippen LogP contribution in [0.15, 0.2) is 42.6 Å². The van der Waals surface area contributed by atoms with Gasteiger partial charge >= 0.3 is 0 Å². The molecule has 0 radical (unpaired) electrons. The maximum atomic E-state index is 12.6. The van der Waals surface area contributed by atoms with Gasteiger partial charge in [0.1, 0.15) is 12.4 Å². The number of nitrogens with zero attached hydrogens (tertiary/aromatic N) is 4. The Hall–Kier alpha value is -2.71. The van der Waals surface area contributed by atoms with Crippen LogP contribution in [-0.4, -0.2) is 38.7 Å². The van der Waals surface area contributed by atoms with Gasteiger partial charge in [-0.1, -0.05) is 11.6 Å². The highest BCUT2D eigenvalue weighted by molar-refractivity contribution is 7.71. The van der Waals surface area contributed by atoms with Gasteiger partial charge in [-0.2, -0.15) is 5.10 Å². The molecule has 3 heterocycles. The number of aromatic nitrogens is 4. The zero-order valence-corrected chi connectivity index (χ0v) is 17.3. The summed E-state index contributed by atoms with van der Waals surface area (Å²) in [4.78, 5) is 19.3. The van der Waals surface area contributed by atoms with E-state index in [2.05, 4.69) is 25.4 Å². The minimum atomic E-state index is -0.226. The van der Waals surface area contributed by atoms with Crippen LogP contribution in [0.5, 0.6) is 0 Å². The van der Waals surface area contributed by atoms with E-state index in [1.807, 2.05) is 30.5 Å². The fourth-order valence-corrected chi connectivity index (χ4v) is 3.73. The first-order chi connectivity index (χ1) is 14.1. The van der Waals surface area contributed by atoms with Crippen LogP contribution in [0, 0.1) is 4.77 Å². The number of piperidine rings is 1. The van der Waals surface area contributed by atoms with Crippen molar-refractivity contribution in [2.75, 3.05) is 23.3 Å². The molecule has 1 amide bonds. The van der Waals surface area contributed by atoms with Gasteiger partial charge in [0.05, 0.1) is 11.9 Å². The van der Waals surface area contributed by atoms with Crippen LogP contribution in [0.25, 0.3) is 11.4 Å². The number of halogens is 1. The molecule has 7 nitrogen and oxygen atoms in total. The fraction of sp³-hybridized carbons (Fsp3) is 0.300. The molecule has 0 bridgehead atoms. The average molecular weight is 429 g/mol. The largest absolute Gasteiger partial charge is 0.370 e. The first-order valence-corrected chi connectivity index (χ1v) is 10.3. The van der Waals surface area contributed by atoms with Gasteiger partial charge in [-0.15, -0.1) is 0 Å². The number of H-pyrrole nitrogens is 1. The first kappa shape index (κ1) is 19.6. The first-order valence-electron chi connectivity index (χ1n) is 9.52. The second-order valence-corrected chi connectivity index (χ2v) is 7.77. The van der Waals surface area contributed by atoms with Crippen LogP contribution in [-0.2, 0) is 11.3 Å². The van der Waals surface area contributed by atoms with E-state index in [9.17, 15) is 4.79 Å². The second-order valence-electron chi connectivity index (χ2n) is 6.94. The minimum Gasteiger partial charge on any atom is -0.370 e. The van der Waals surface area contributed by atoms with Crippen LogP contribution >= 0.6 is 23.8 Å². The van der Waals surface area contributed by atoms with E-state index in [-0.39, 0.29) is 12.5 Å². The van der Waals surface area contributed by atoms with Crippen LogP contribution in [0.3, 0.4) is 0 Å². The molecule has 3 aromatic rings. The van der Waals surface area contributed by atoms with Gasteiger partial charge in [0.25, 0.3) is 0 Å². The summed E-state index contributed by atoms with van der Waals surface area (Å²) >= 11 is 11.2. The summed E-state index contributed by atoms with van der Waals surface area (Å²) < 4.78 is 2.02. The number of nitrogens with one attached hydrogen (secondary N) is 2. The fourth-order valence-electron chi connectivity index (χ4n) is 3.41. The predicted molar refractivity (Wildman–Crippen MR) is 117 cm³/mol. The third-order valence-corrected chi connectivity index (χ3v) is 5.46. The number of amides is 1. The molecule has 0 aliphatic carbocycles. The molecule has 0 unspecified atom stereocenters. The van der Waals surface area contributed by atoms with Crippen LogP contribution in [0.4, 0.5) is 11.5 Å². The number of hydrogen-bond acceptors (Lipinski definition) is 5. The van der Waals surface area contributed by atoms with Crippen molar-refractivity contribution in [2.24, 2.45) is 0 Å². The van der Waals surface area contributed by atoms with E-state index in [1.54, 1.807) is 16.7 Å². The molecule has 2 N–H and O–H groups in total. The number of benzene rings is 1. The van der Waals surface area contributed by atoms with E-state index >= 15 is 0 Å². The van der Waals surface area contributed by atoms with Gasteiger partial charge in [-0.25, -0.2) is 4.98 Å². The summed E-state index contributed by atoms with van der Waals surface area (Å²) in [6.45, 7) is 2.14. The number of hydrogen-bond donors (Lipinski definition) is 2. The van der Waals surface area contributed by atoms with Gasteiger partial charge < -0.3 is 10.2 Å². The third-order valence-electron chi connectivity index (χ3n) is 4.90. The summed E-state index contributed by atoms with van der Waals surface area (Å²) in [5.41, 5.74) is 1.91. The lowest BCUT2D eigenvalue weighted by atomic mass is 10.1. The number of rotatable bonds is 5. The highest BCUT2D eigenvalue weighted by Gasteiger charge is 2.14. The van der Waals surface area contributed by atoms with E-state index in [0.717, 1.165) is 24.3 Å². The Kier molecular flexibility index (Phi) is 5.92. The Balaban J connectivity index is 1.44. The number of carbonyl (C=O) groups excluding carboxylic acids is 1. The summed E-state index contributed by atoms with van der Waals surface area (Å²) in [5.74, 6) is 0.866. The summed E-state index contributed by atoms with van der Waals surface area (Å²) in [5, 5.41) is 10.4. The van der Waals surface area contributed by atoms with Gasteiger partial charge in [0.2, 0.25) is 5.91 Å². The molecule has 1 aliphatic rings. The van der Waals surface area contributed by atoms with Crippen LogP contribution in [0.2, 0.25) is 5.02 Å². The molecular formula is C20H21ClN6OS. The highest BCUT2D eigenvalue weighted by Crippen LogP contribution is 2.21. The maximum Gasteiger partial charge on any atom is 0.245 e. The number of pyridine rings is 1. The Morgan fingerprint density at radius 1 is 1.14 bits per heavy atom.